The first-order valence-corrected chi connectivity index (χ1v) is 4.94. The first-order valence-electron chi connectivity index (χ1n) is 3.12. The average molecular weight is 149 g/mol. The van der Waals surface area contributed by atoms with E-state index in [1.54, 1.807) is 0 Å². The maximum absolute atomic E-state index is 10.8. The average Bonchev–Trinajstić information content (AvgIpc) is 1.64. The standard InChI is InChI=1S/C6H13O2S/c1-3-5-9(7,8)6-4-2/h1,3-6H2,2H3. The zero-order chi connectivity index (χ0) is 7.33. The monoisotopic (exact) mass is 149 g/mol. The molecule has 0 unspecified atom stereocenters. The van der Waals surface area contributed by atoms with Gasteiger partial charge in [0.25, 0.3) is 0 Å². The van der Waals surface area contributed by atoms with Crippen molar-refractivity contribution in [1.29, 1.82) is 0 Å². The Kier molecular flexibility index (Phi) is 3.86. The molecule has 0 aromatic heterocycles. The molecule has 0 saturated carbocycles. The summed E-state index contributed by atoms with van der Waals surface area (Å²) < 4.78 is 21.6. The first kappa shape index (κ1) is 8.95. The molecule has 0 atom stereocenters. The van der Waals surface area contributed by atoms with E-state index in [0.717, 1.165) is 0 Å². The molecule has 2 nitrogen and oxygen atoms in total. The van der Waals surface area contributed by atoms with Gasteiger partial charge >= 0.3 is 0 Å². The van der Waals surface area contributed by atoms with Crippen molar-refractivity contribution in [3.8, 4) is 0 Å². The van der Waals surface area contributed by atoms with Gasteiger partial charge in [-0.15, -0.1) is 0 Å². The summed E-state index contributed by atoms with van der Waals surface area (Å²) in [5.74, 6) is 0.545. The molecule has 0 bridgehead atoms. The van der Waals surface area contributed by atoms with E-state index in [2.05, 4.69) is 6.92 Å². The van der Waals surface area contributed by atoms with E-state index in [-0.39, 0.29) is 5.75 Å². The molecule has 0 aromatic rings. The first-order chi connectivity index (χ1) is 4.12. The Labute approximate surface area is 57.2 Å². The zero-order valence-corrected chi connectivity index (χ0v) is 6.58. The molecule has 0 aliphatic rings. The molecule has 0 amide bonds. The Morgan fingerprint density at radius 3 is 2.22 bits per heavy atom. The van der Waals surface area contributed by atoms with Crippen molar-refractivity contribution >= 4 is 9.84 Å². The minimum atomic E-state index is -2.74. The predicted octanol–water partition coefficient (Wildman–Crippen LogP) is 1.04. The lowest BCUT2D eigenvalue weighted by Gasteiger charge is -1.96. The van der Waals surface area contributed by atoms with Crippen LogP contribution in [0.3, 0.4) is 0 Å². The summed E-state index contributed by atoms with van der Waals surface area (Å²) in [6, 6.07) is 0. The highest BCUT2D eigenvalue weighted by Crippen LogP contribution is 1.94. The third-order valence-electron chi connectivity index (χ3n) is 0.970. The van der Waals surface area contributed by atoms with Crippen molar-refractivity contribution in [1.82, 2.24) is 0 Å². The Bertz CT molecular complexity index is 134. The van der Waals surface area contributed by atoms with Crippen LogP contribution < -0.4 is 0 Å². The summed E-state index contributed by atoms with van der Waals surface area (Å²) >= 11 is 0. The Hall–Kier alpha value is -0.0500. The number of hydrogen-bond donors (Lipinski definition) is 0. The lowest BCUT2D eigenvalue weighted by Crippen LogP contribution is -2.09. The van der Waals surface area contributed by atoms with Crippen molar-refractivity contribution in [3.05, 3.63) is 6.92 Å². The van der Waals surface area contributed by atoms with Crippen molar-refractivity contribution in [2.24, 2.45) is 0 Å². The van der Waals surface area contributed by atoms with Gasteiger partial charge in [0, 0.05) is 5.75 Å². The molecule has 0 aromatic carbocycles. The SMILES string of the molecule is [CH2]CCS(=O)(=O)CCC. The Morgan fingerprint density at radius 1 is 1.33 bits per heavy atom. The van der Waals surface area contributed by atoms with Gasteiger partial charge in [0.15, 0.2) is 0 Å². The smallest absolute Gasteiger partial charge is 0.150 e. The van der Waals surface area contributed by atoms with Crippen LogP contribution in [0.2, 0.25) is 0 Å². The fraction of sp³-hybridized carbons (Fsp3) is 0.833. The second-order valence-electron chi connectivity index (χ2n) is 2.01. The normalized spacial score (nSPS) is 11.8. The summed E-state index contributed by atoms with van der Waals surface area (Å²) in [5.41, 5.74) is 0. The highest BCUT2D eigenvalue weighted by atomic mass is 32.2. The van der Waals surface area contributed by atoms with E-state index in [9.17, 15) is 8.42 Å². The third kappa shape index (κ3) is 4.45. The van der Waals surface area contributed by atoms with Crippen LogP contribution in [0.5, 0.6) is 0 Å². The van der Waals surface area contributed by atoms with Gasteiger partial charge in [-0.1, -0.05) is 13.8 Å². The maximum Gasteiger partial charge on any atom is 0.150 e. The molecule has 0 aliphatic carbocycles. The van der Waals surface area contributed by atoms with Gasteiger partial charge in [-0.2, -0.15) is 0 Å². The molecule has 1 radical (unpaired) electrons. The van der Waals surface area contributed by atoms with Crippen LogP contribution in [0, 0.1) is 6.92 Å². The second kappa shape index (κ2) is 3.88. The minimum Gasteiger partial charge on any atom is -0.229 e. The minimum absolute atomic E-state index is 0.237. The lowest BCUT2D eigenvalue weighted by molar-refractivity contribution is 0.594. The zero-order valence-electron chi connectivity index (χ0n) is 5.76. The van der Waals surface area contributed by atoms with Crippen LogP contribution in [0.4, 0.5) is 0 Å². The van der Waals surface area contributed by atoms with E-state index in [1.807, 2.05) is 6.92 Å². The van der Waals surface area contributed by atoms with Crippen molar-refractivity contribution in [2.75, 3.05) is 11.5 Å². The summed E-state index contributed by atoms with van der Waals surface area (Å²) in [6.45, 7) is 5.34. The van der Waals surface area contributed by atoms with Crippen molar-refractivity contribution in [2.45, 2.75) is 19.8 Å². The van der Waals surface area contributed by atoms with E-state index < -0.39 is 9.84 Å². The maximum atomic E-state index is 10.8. The molecule has 0 spiro atoms. The molecule has 3 heteroatoms. The van der Waals surface area contributed by atoms with Gasteiger partial charge in [0.2, 0.25) is 0 Å². The van der Waals surface area contributed by atoms with E-state index in [0.29, 0.717) is 18.6 Å². The molecule has 0 fully saturated rings. The number of rotatable bonds is 4. The van der Waals surface area contributed by atoms with Crippen molar-refractivity contribution in [3.63, 3.8) is 0 Å². The third-order valence-corrected chi connectivity index (χ3v) is 2.91. The Balaban J connectivity index is 3.73. The molecule has 0 heterocycles. The number of hydrogen-bond acceptors (Lipinski definition) is 2. The van der Waals surface area contributed by atoms with E-state index >= 15 is 0 Å². The van der Waals surface area contributed by atoms with Crippen LogP contribution in [-0.2, 0) is 9.84 Å². The second-order valence-corrected chi connectivity index (χ2v) is 4.31. The quantitative estimate of drug-likeness (QED) is 0.598. The lowest BCUT2D eigenvalue weighted by atomic mass is 10.6. The summed E-state index contributed by atoms with van der Waals surface area (Å²) in [7, 11) is -2.74. The summed E-state index contributed by atoms with van der Waals surface area (Å²) in [4.78, 5) is 0. The largest absolute Gasteiger partial charge is 0.229 e. The molecule has 0 rings (SSSR count). The molecule has 0 N–H and O–H groups in total. The van der Waals surface area contributed by atoms with Crippen LogP contribution >= 0.6 is 0 Å². The molecule has 9 heavy (non-hydrogen) atoms. The Morgan fingerprint density at radius 2 is 1.89 bits per heavy atom. The van der Waals surface area contributed by atoms with Gasteiger partial charge in [0.1, 0.15) is 9.84 Å². The van der Waals surface area contributed by atoms with Crippen LogP contribution in [0.1, 0.15) is 19.8 Å². The van der Waals surface area contributed by atoms with Crippen LogP contribution in [-0.4, -0.2) is 19.9 Å². The fourth-order valence-corrected chi connectivity index (χ4v) is 1.90. The predicted molar refractivity (Wildman–Crippen MR) is 38.9 cm³/mol. The molecular formula is C6H13O2S. The summed E-state index contributed by atoms with van der Waals surface area (Å²) in [6.07, 6.45) is 1.20. The van der Waals surface area contributed by atoms with Gasteiger partial charge < -0.3 is 0 Å². The molecule has 0 saturated heterocycles. The van der Waals surface area contributed by atoms with Gasteiger partial charge in [-0.3, -0.25) is 0 Å². The fourth-order valence-electron chi connectivity index (χ4n) is 0.633. The summed E-state index contributed by atoms with van der Waals surface area (Å²) in [5, 5.41) is 0. The van der Waals surface area contributed by atoms with Crippen LogP contribution in [0.25, 0.3) is 0 Å². The van der Waals surface area contributed by atoms with Gasteiger partial charge in [0.05, 0.1) is 5.75 Å². The van der Waals surface area contributed by atoms with Crippen LogP contribution in [0.15, 0.2) is 0 Å². The van der Waals surface area contributed by atoms with Crippen molar-refractivity contribution < 1.29 is 8.42 Å². The highest BCUT2D eigenvalue weighted by Gasteiger charge is 2.05. The molecule has 0 aliphatic heterocycles. The topological polar surface area (TPSA) is 34.1 Å². The van der Waals surface area contributed by atoms with Gasteiger partial charge in [-0.05, 0) is 12.8 Å². The van der Waals surface area contributed by atoms with Gasteiger partial charge in [-0.25, -0.2) is 8.42 Å². The van der Waals surface area contributed by atoms with E-state index in [4.69, 9.17) is 0 Å². The molecule has 55 valence electrons. The van der Waals surface area contributed by atoms with E-state index in [1.165, 1.54) is 0 Å². The highest BCUT2D eigenvalue weighted by molar-refractivity contribution is 7.91. The molecular weight excluding hydrogens is 136 g/mol. The number of sulfone groups is 1.